The van der Waals surface area contributed by atoms with Gasteiger partial charge in [-0.1, -0.05) is 0 Å². The van der Waals surface area contributed by atoms with Gasteiger partial charge < -0.3 is 20.3 Å². The molecular formula is C21H24FN5O3S. The maximum atomic E-state index is 14.5. The average molecular weight is 446 g/mol. The summed E-state index contributed by atoms with van der Waals surface area (Å²) in [4.78, 5) is 10.7. The Morgan fingerprint density at radius 1 is 1.16 bits per heavy atom. The van der Waals surface area contributed by atoms with E-state index in [0.29, 0.717) is 35.6 Å². The molecule has 10 heteroatoms. The number of fused-ring (bicyclic) bond motifs is 1. The number of hydrogen-bond acceptors (Lipinski definition) is 7. The smallest absolute Gasteiger partial charge is 0.152 e. The van der Waals surface area contributed by atoms with Crippen molar-refractivity contribution in [2.45, 2.75) is 18.9 Å². The van der Waals surface area contributed by atoms with E-state index in [2.05, 4.69) is 14.9 Å². The summed E-state index contributed by atoms with van der Waals surface area (Å²) in [5, 5.41) is 10.4. The third-order valence-corrected chi connectivity index (χ3v) is 8.05. The summed E-state index contributed by atoms with van der Waals surface area (Å²) in [6.07, 6.45) is 5.11. The number of halogens is 1. The van der Waals surface area contributed by atoms with Gasteiger partial charge in [0.25, 0.3) is 0 Å². The molecule has 3 aromatic rings. The predicted octanol–water partition coefficient (Wildman–Crippen LogP) is 2.21. The standard InChI is InChI=1S/C21H24FN5O3S/c22-18-2-1-15(28)9-16(18)17-11-27(21-19(17)20(23)24-12-25-21)14-7-13(8-14)10-26-3-5-31(29,30)6-4-26/h1-2,9,11-14,28H,3-8,10H2,(H2,23,24,25). The second-order valence-corrected chi connectivity index (χ2v) is 10.8. The Hall–Kier alpha value is -2.72. The van der Waals surface area contributed by atoms with E-state index in [0.717, 1.165) is 19.4 Å². The first-order chi connectivity index (χ1) is 14.8. The van der Waals surface area contributed by atoms with Crippen molar-refractivity contribution in [3.05, 3.63) is 36.5 Å². The van der Waals surface area contributed by atoms with Gasteiger partial charge in [0.2, 0.25) is 0 Å². The zero-order valence-electron chi connectivity index (χ0n) is 16.9. The maximum absolute atomic E-state index is 14.5. The molecule has 2 aliphatic rings. The zero-order chi connectivity index (χ0) is 21.8. The van der Waals surface area contributed by atoms with E-state index in [4.69, 9.17) is 5.73 Å². The fourth-order valence-electron chi connectivity index (χ4n) is 4.69. The van der Waals surface area contributed by atoms with Gasteiger partial charge in [-0.05, 0) is 37.0 Å². The quantitative estimate of drug-likeness (QED) is 0.633. The number of nitrogens with zero attached hydrogens (tertiary/aromatic N) is 4. The lowest BCUT2D eigenvalue weighted by molar-refractivity contribution is 0.136. The molecule has 0 unspecified atom stereocenters. The molecule has 3 heterocycles. The first-order valence-electron chi connectivity index (χ1n) is 10.3. The Morgan fingerprint density at radius 3 is 2.65 bits per heavy atom. The number of sulfone groups is 1. The van der Waals surface area contributed by atoms with Gasteiger partial charge in [-0.3, -0.25) is 0 Å². The number of hydrogen-bond donors (Lipinski definition) is 2. The third-order valence-electron chi connectivity index (χ3n) is 6.44. The summed E-state index contributed by atoms with van der Waals surface area (Å²) >= 11 is 0. The van der Waals surface area contributed by atoms with E-state index in [1.165, 1.54) is 24.5 Å². The minimum atomic E-state index is -2.87. The Bertz CT molecular complexity index is 1240. The number of phenolic OH excluding ortho intramolecular Hbond substituents is 1. The summed E-state index contributed by atoms with van der Waals surface area (Å²) in [6, 6.07) is 4.12. The van der Waals surface area contributed by atoms with Crippen LogP contribution in [0.3, 0.4) is 0 Å². The number of benzene rings is 1. The molecule has 0 atom stereocenters. The van der Waals surface area contributed by atoms with Gasteiger partial charge in [0.05, 0.1) is 16.9 Å². The highest BCUT2D eigenvalue weighted by molar-refractivity contribution is 7.91. The highest BCUT2D eigenvalue weighted by atomic mass is 32.2. The van der Waals surface area contributed by atoms with Crippen molar-refractivity contribution in [1.29, 1.82) is 0 Å². The van der Waals surface area contributed by atoms with Crippen LogP contribution < -0.4 is 5.73 Å². The molecule has 2 aromatic heterocycles. The molecule has 31 heavy (non-hydrogen) atoms. The zero-order valence-corrected chi connectivity index (χ0v) is 17.7. The number of anilines is 1. The van der Waals surface area contributed by atoms with E-state index < -0.39 is 15.7 Å². The first kappa shape index (κ1) is 20.2. The van der Waals surface area contributed by atoms with E-state index >= 15 is 0 Å². The average Bonchev–Trinajstić information content (AvgIpc) is 3.08. The largest absolute Gasteiger partial charge is 0.508 e. The number of rotatable bonds is 4. The van der Waals surface area contributed by atoms with Gasteiger partial charge >= 0.3 is 0 Å². The van der Waals surface area contributed by atoms with Crippen LogP contribution >= 0.6 is 0 Å². The Morgan fingerprint density at radius 2 is 1.90 bits per heavy atom. The molecule has 164 valence electrons. The SMILES string of the molecule is Nc1ncnc2c1c(-c1cc(O)ccc1F)cn2C1CC(CN2CCS(=O)(=O)CC2)C1. The number of phenols is 1. The molecule has 3 N–H and O–H groups in total. The summed E-state index contributed by atoms with van der Waals surface area (Å²) in [6.45, 7) is 2.08. The van der Waals surface area contributed by atoms with Crippen LogP contribution in [0.2, 0.25) is 0 Å². The van der Waals surface area contributed by atoms with Crippen molar-refractivity contribution in [3.8, 4) is 16.9 Å². The maximum Gasteiger partial charge on any atom is 0.152 e. The molecule has 1 aromatic carbocycles. The fourth-order valence-corrected chi connectivity index (χ4v) is 5.96. The fraction of sp³-hybridized carbons (Fsp3) is 0.429. The molecule has 0 radical (unpaired) electrons. The van der Waals surface area contributed by atoms with Crippen LogP contribution in [-0.4, -0.2) is 64.1 Å². The third kappa shape index (κ3) is 3.74. The molecule has 5 rings (SSSR count). The van der Waals surface area contributed by atoms with E-state index in [9.17, 15) is 17.9 Å². The molecule has 0 amide bonds. The monoisotopic (exact) mass is 445 g/mol. The number of nitrogens with two attached hydrogens (primary N) is 1. The Kier molecular flexibility index (Phi) is 4.86. The van der Waals surface area contributed by atoms with Crippen LogP contribution in [-0.2, 0) is 9.84 Å². The van der Waals surface area contributed by atoms with Gasteiger partial charge in [-0.15, -0.1) is 0 Å². The van der Waals surface area contributed by atoms with E-state index in [1.54, 1.807) is 0 Å². The highest BCUT2D eigenvalue weighted by Crippen LogP contribution is 2.43. The lowest BCUT2D eigenvalue weighted by Gasteiger charge is -2.40. The summed E-state index contributed by atoms with van der Waals surface area (Å²) in [5.41, 5.74) is 7.60. The van der Waals surface area contributed by atoms with Crippen molar-refractivity contribution >= 4 is 26.7 Å². The van der Waals surface area contributed by atoms with Crippen LogP contribution in [0.5, 0.6) is 5.75 Å². The minimum Gasteiger partial charge on any atom is -0.508 e. The van der Waals surface area contributed by atoms with Crippen LogP contribution in [0.15, 0.2) is 30.7 Å². The molecule has 1 aliphatic heterocycles. The van der Waals surface area contributed by atoms with Gasteiger partial charge in [0, 0.05) is 43.0 Å². The van der Waals surface area contributed by atoms with Crippen molar-refractivity contribution in [2.24, 2.45) is 5.92 Å². The van der Waals surface area contributed by atoms with Crippen molar-refractivity contribution in [1.82, 2.24) is 19.4 Å². The van der Waals surface area contributed by atoms with Crippen molar-refractivity contribution < 1.29 is 17.9 Å². The number of nitrogen functional groups attached to an aromatic ring is 1. The van der Waals surface area contributed by atoms with Crippen LogP contribution in [0.4, 0.5) is 10.2 Å². The predicted molar refractivity (Wildman–Crippen MR) is 116 cm³/mol. The molecule has 1 saturated heterocycles. The molecule has 1 aliphatic carbocycles. The lowest BCUT2D eigenvalue weighted by Crippen LogP contribution is -2.44. The molecule has 8 nitrogen and oxygen atoms in total. The van der Waals surface area contributed by atoms with Crippen LogP contribution in [0.25, 0.3) is 22.2 Å². The van der Waals surface area contributed by atoms with E-state index in [1.807, 2.05) is 10.8 Å². The lowest BCUT2D eigenvalue weighted by atomic mass is 9.79. The van der Waals surface area contributed by atoms with Crippen molar-refractivity contribution in [3.63, 3.8) is 0 Å². The van der Waals surface area contributed by atoms with Gasteiger partial charge in [0.1, 0.15) is 29.4 Å². The summed E-state index contributed by atoms with van der Waals surface area (Å²) in [7, 11) is -2.87. The minimum absolute atomic E-state index is 0.0278. The summed E-state index contributed by atoms with van der Waals surface area (Å²) in [5.74, 6) is 0.739. The molecule has 0 bridgehead atoms. The second kappa shape index (κ2) is 7.45. The number of aromatic nitrogens is 3. The van der Waals surface area contributed by atoms with Gasteiger partial charge in [0.15, 0.2) is 9.84 Å². The summed E-state index contributed by atoms with van der Waals surface area (Å²) < 4.78 is 39.8. The Balaban J connectivity index is 1.39. The van der Waals surface area contributed by atoms with E-state index in [-0.39, 0.29) is 34.7 Å². The molecule has 2 fully saturated rings. The topological polar surface area (TPSA) is 114 Å². The molecule has 0 spiro atoms. The first-order valence-corrected chi connectivity index (χ1v) is 12.2. The van der Waals surface area contributed by atoms with Gasteiger partial charge in [-0.2, -0.15) is 0 Å². The van der Waals surface area contributed by atoms with Crippen molar-refractivity contribution in [2.75, 3.05) is 36.9 Å². The van der Waals surface area contributed by atoms with Crippen LogP contribution in [0, 0.1) is 11.7 Å². The second-order valence-electron chi connectivity index (χ2n) is 8.52. The Labute approximate surface area is 179 Å². The normalized spacial score (nSPS) is 23.6. The van der Waals surface area contributed by atoms with Crippen LogP contribution in [0.1, 0.15) is 18.9 Å². The molecular weight excluding hydrogens is 421 g/mol. The highest BCUT2D eigenvalue weighted by Gasteiger charge is 2.35. The van der Waals surface area contributed by atoms with Gasteiger partial charge in [-0.25, -0.2) is 22.8 Å². The molecule has 1 saturated carbocycles. The number of aromatic hydroxyl groups is 1.